The lowest BCUT2D eigenvalue weighted by Crippen LogP contribution is -2.45. The van der Waals surface area contributed by atoms with Crippen LogP contribution in [0.15, 0.2) is 23.7 Å². The number of hydrogen-bond donors (Lipinski definition) is 0. The van der Waals surface area contributed by atoms with Gasteiger partial charge in [-0.15, -0.1) is 0 Å². The Labute approximate surface area is 119 Å². The van der Waals surface area contributed by atoms with Gasteiger partial charge in [-0.25, -0.2) is 0 Å². The van der Waals surface area contributed by atoms with Gasteiger partial charge in [-0.05, 0) is 39.3 Å². The van der Waals surface area contributed by atoms with Crippen LogP contribution in [0.4, 0.5) is 0 Å². The number of hydrogen-bond acceptors (Lipinski definition) is 4. The lowest BCUT2D eigenvalue weighted by Gasteiger charge is -2.34. The van der Waals surface area contributed by atoms with Gasteiger partial charge in [0.1, 0.15) is 0 Å². The molecule has 0 bridgehead atoms. The van der Waals surface area contributed by atoms with E-state index in [4.69, 9.17) is 9.47 Å². The summed E-state index contributed by atoms with van der Waals surface area (Å²) in [4.78, 5) is 26.6. The first-order chi connectivity index (χ1) is 9.25. The first-order valence-corrected chi connectivity index (χ1v) is 6.65. The van der Waals surface area contributed by atoms with E-state index in [1.54, 1.807) is 12.2 Å². The maximum atomic E-state index is 12.8. The van der Waals surface area contributed by atoms with Crippen molar-refractivity contribution in [3.8, 4) is 0 Å². The molecule has 0 saturated carbocycles. The van der Waals surface area contributed by atoms with Crippen molar-refractivity contribution in [3.05, 3.63) is 23.7 Å². The third-order valence-electron chi connectivity index (χ3n) is 3.87. The highest BCUT2D eigenvalue weighted by Gasteiger charge is 2.50. The number of likely N-dealkylation sites (tertiary alicyclic amines) is 1. The van der Waals surface area contributed by atoms with E-state index in [9.17, 15) is 9.59 Å². The SMILES string of the molecule is COC1=CC2(C=C(OC)C1=O)CCN(C(C)(C)C)C2=O. The Balaban J connectivity index is 2.45. The molecule has 1 aliphatic carbocycles. The van der Waals surface area contributed by atoms with E-state index in [2.05, 4.69) is 0 Å². The van der Waals surface area contributed by atoms with Gasteiger partial charge >= 0.3 is 0 Å². The van der Waals surface area contributed by atoms with Crippen LogP contribution in [0.1, 0.15) is 27.2 Å². The van der Waals surface area contributed by atoms with Gasteiger partial charge in [-0.1, -0.05) is 0 Å². The van der Waals surface area contributed by atoms with Crippen molar-refractivity contribution in [3.63, 3.8) is 0 Å². The van der Waals surface area contributed by atoms with E-state index in [1.807, 2.05) is 25.7 Å². The fourth-order valence-corrected chi connectivity index (χ4v) is 2.73. The van der Waals surface area contributed by atoms with Gasteiger partial charge in [0.05, 0.1) is 19.6 Å². The second kappa shape index (κ2) is 4.65. The van der Waals surface area contributed by atoms with E-state index in [0.717, 1.165) is 0 Å². The molecule has 0 aromatic carbocycles. The van der Waals surface area contributed by atoms with Crippen LogP contribution < -0.4 is 0 Å². The summed E-state index contributed by atoms with van der Waals surface area (Å²) in [6, 6.07) is 0. The number of nitrogens with zero attached hydrogens (tertiary/aromatic N) is 1. The van der Waals surface area contributed by atoms with Gasteiger partial charge < -0.3 is 14.4 Å². The highest BCUT2D eigenvalue weighted by molar-refractivity contribution is 6.09. The van der Waals surface area contributed by atoms with Gasteiger partial charge in [-0.2, -0.15) is 0 Å². The van der Waals surface area contributed by atoms with E-state index in [-0.39, 0.29) is 28.7 Å². The van der Waals surface area contributed by atoms with Crippen molar-refractivity contribution >= 4 is 11.7 Å². The summed E-state index contributed by atoms with van der Waals surface area (Å²) in [5.74, 6) is 0.0196. The predicted molar refractivity (Wildman–Crippen MR) is 73.7 cm³/mol. The summed E-state index contributed by atoms with van der Waals surface area (Å²) in [7, 11) is 2.86. The molecule has 0 N–H and O–H groups in total. The summed E-state index contributed by atoms with van der Waals surface area (Å²) < 4.78 is 10.2. The molecule has 1 spiro atoms. The normalized spacial score (nSPS) is 21.9. The number of amides is 1. The lowest BCUT2D eigenvalue weighted by atomic mass is 9.81. The molecule has 1 fully saturated rings. The molecule has 0 aromatic rings. The number of rotatable bonds is 2. The summed E-state index contributed by atoms with van der Waals surface area (Å²) in [6.07, 6.45) is 3.88. The Morgan fingerprint density at radius 1 is 1.10 bits per heavy atom. The van der Waals surface area contributed by atoms with Gasteiger partial charge in [0.2, 0.25) is 5.91 Å². The van der Waals surface area contributed by atoms with E-state index in [0.29, 0.717) is 13.0 Å². The molecule has 5 nitrogen and oxygen atoms in total. The number of methoxy groups -OCH3 is 2. The van der Waals surface area contributed by atoms with Gasteiger partial charge in [-0.3, -0.25) is 9.59 Å². The van der Waals surface area contributed by atoms with Crippen molar-refractivity contribution in [1.29, 1.82) is 0 Å². The molecule has 0 atom stereocenters. The number of ketones is 1. The standard InChI is InChI=1S/C15H21NO4/c1-14(2,3)16-7-6-15(13(16)18)8-10(19-4)12(17)11(9-15)20-5/h8-9H,6-7H2,1-5H3. The fourth-order valence-electron chi connectivity index (χ4n) is 2.73. The average molecular weight is 279 g/mol. The van der Waals surface area contributed by atoms with Crippen LogP contribution in [0.3, 0.4) is 0 Å². The molecule has 2 rings (SSSR count). The van der Waals surface area contributed by atoms with Crippen LogP contribution in [0.25, 0.3) is 0 Å². The first-order valence-electron chi connectivity index (χ1n) is 6.65. The first kappa shape index (κ1) is 14.6. The van der Waals surface area contributed by atoms with Gasteiger partial charge in [0.25, 0.3) is 5.78 Å². The summed E-state index contributed by atoms with van der Waals surface area (Å²) in [5, 5.41) is 0. The second-order valence-corrected chi connectivity index (χ2v) is 6.17. The molecule has 1 amide bonds. The molecular formula is C15H21NO4. The fraction of sp³-hybridized carbons (Fsp3) is 0.600. The second-order valence-electron chi connectivity index (χ2n) is 6.17. The van der Waals surface area contributed by atoms with Crippen molar-refractivity contribution in [2.24, 2.45) is 5.41 Å². The molecular weight excluding hydrogens is 258 g/mol. The summed E-state index contributed by atoms with van der Waals surface area (Å²) in [5.41, 5.74) is -1.07. The topological polar surface area (TPSA) is 55.8 Å². The van der Waals surface area contributed by atoms with E-state index in [1.165, 1.54) is 14.2 Å². The van der Waals surface area contributed by atoms with Crippen LogP contribution in [-0.2, 0) is 19.1 Å². The molecule has 0 unspecified atom stereocenters. The molecule has 110 valence electrons. The van der Waals surface area contributed by atoms with Crippen LogP contribution in [0.5, 0.6) is 0 Å². The van der Waals surface area contributed by atoms with Crippen molar-refractivity contribution < 1.29 is 19.1 Å². The zero-order valence-electron chi connectivity index (χ0n) is 12.6. The minimum Gasteiger partial charge on any atom is -0.493 e. The van der Waals surface area contributed by atoms with Crippen molar-refractivity contribution in [2.75, 3.05) is 20.8 Å². The monoisotopic (exact) mass is 279 g/mol. The Morgan fingerprint density at radius 2 is 1.60 bits per heavy atom. The molecule has 20 heavy (non-hydrogen) atoms. The number of ether oxygens (including phenoxy) is 2. The van der Waals surface area contributed by atoms with E-state index >= 15 is 0 Å². The Morgan fingerprint density at radius 3 is 1.95 bits per heavy atom. The summed E-state index contributed by atoms with van der Waals surface area (Å²) >= 11 is 0. The molecule has 0 aromatic heterocycles. The van der Waals surface area contributed by atoms with Crippen LogP contribution in [-0.4, -0.2) is 42.9 Å². The molecule has 5 heteroatoms. The molecule has 2 aliphatic rings. The maximum absolute atomic E-state index is 12.8. The smallest absolute Gasteiger partial charge is 0.261 e. The minimum absolute atomic E-state index is 0.0124. The zero-order chi connectivity index (χ0) is 15.1. The molecule has 1 saturated heterocycles. The zero-order valence-corrected chi connectivity index (χ0v) is 12.6. The van der Waals surface area contributed by atoms with Crippen LogP contribution in [0.2, 0.25) is 0 Å². The highest BCUT2D eigenvalue weighted by atomic mass is 16.5. The predicted octanol–water partition coefficient (Wildman–Crippen LogP) is 1.65. The lowest BCUT2D eigenvalue weighted by molar-refractivity contribution is -0.136. The van der Waals surface area contributed by atoms with Gasteiger partial charge in [0, 0.05) is 12.1 Å². The van der Waals surface area contributed by atoms with Crippen molar-refractivity contribution in [1.82, 2.24) is 4.90 Å². The third kappa shape index (κ3) is 2.11. The van der Waals surface area contributed by atoms with Crippen molar-refractivity contribution in [2.45, 2.75) is 32.7 Å². The third-order valence-corrected chi connectivity index (χ3v) is 3.87. The van der Waals surface area contributed by atoms with Gasteiger partial charge in [0.15, 0.2) is 11.5 Å². The molecule has 1 heterocycles. The largest absolute Gasteiger partial charge is 0.493 e. The van der Waals surface area contributed by atoms with Crippen LogP contribution in [0, 0.1) is 5.41 Å². The quantitative estimate of drug-likeness (QED) is 0.771. The Bertz CT molecular complexity index is 486. The maximum Gasteiger partial charge on any atom is 0.261 e. The summed E-state index contributed by atoms with van der Waals surface area (Å²) in [6.45, 7) is 6.65. The Hall–Kier alpha value is -1.78. The minimum atomic E-state index is -0.822. The van der Waals surface area contributed by atoms with E-state index < -0.39 is 5.41 Å². The average Bonchev–Trinajstić information content (AvgIpc) is 2.69. The Kier molecular flexibility index (Phi) is 3.40. The number of carbonyl (C=O) groups is 2. The van der Waals surface area contributed by atoms with Crippen LogP contribution >= 0.6 is 0 Å². The number of Topliss-reactive ketones (excluding diaryl/α,β-unsaturated/α-hetero) is 1. The highest BCUT2D eigenvalue weighted by Crippen LogP contribution is 2.42. The number of carbonyl (C=O) groups excluding carboxylic acids is 2. The molecule has 1 aliphatic heterocycles. The molecule has 0 radical (unpaired) electrons.